The van der Waals surface area contributed by atoms with Crippen LogP contribution >= 0.6 is 22.7 Å². The van der Waals surface area contributed by atoms with Crippen LogP contribution in [-0.4, -0.2) is 27.4 Å². The highest BCUT2D eigenvalue weighted by atomic mass is 32.1. The number of anilines is 1. The molecule has 23 heavy (non-hydrogen) atoms. The van der Waals surface area contributed by atoms with Crippen LogP contribution < -0.4 is 11.1 Å². The molecule has 8 heteroatoms. The molecule has 0 spiro atoms. The summed E-state index contributed by atoms with van der Waals surface area (Å²) in [6.07, 6.45) is 4.42. The van der Waals surface area contributed by atoms with Crippen LogP contribution in [0.25, 0.3) is 11.3 Å². The van der Waals surface area contributed by atoms with Crippen molar-refractivity contribution < 1.29 is 4.79 Å². The Bertz CT molecular complexity index is 784. The molecule has 0 aromatic carbocycles. The molecule has 3 heterocycles. The Morgan fingerprint density at radius 1 is 1.17 bits per heavy atom. The molecule has 0 saturated carbocycles. The molecular weight excluding hydrogens is 330 g/mol. The standard InChI is InChI=1S/C15H15N5OS2/c16-4-1-14-18-11(8-22-14)7-13(21)20-15-19-12(9-23-15)10-2-5-17-6-3-10/h2-3,5-6,8-9H,1,4,7,16H2,(H,19,20,21). The lowest BCUT2D eigenvalue weighted by Gasteiger charge is -1.99. The van der Waals surface area contributed by atoms with Crippen LogP contribution in [0.3, 0.4) is 0 Å². The van der Waals surface area contributed by atoms with E-state index in [0.717, 1.165) is 28.4 Å². The Morgan fingerprint density at radius 2 is 2.00 bits per heavy atom. The van der Waals surface area contributed by atoms with Gasteiger partial charge in [0.15, 0.2) is 5.13 Å². The van der Waals surface area contributed by atoms with Crippen molar-refractivity contribution >= 4 is 33.7 Å². The molecule has 3 aromatic rings. The first-order valence-corrected chi connectivity index (χ1v) is 8.79. The number of pyridine rings is 1. The molecule has 0 fully saturated rings. The van der Waals surface area contributed by atoms with E-state index < -0.39 is 0 Å². The van der Waals surface area contributed by atoms with E-state index in [1.165, 1.54) is 22.7 Å². The van der Waals surface area contributed by atoms with Crippen LogP contribution in [0.1, 0.15) is 10.7 Å². The predicted molar refractivity (Wildman–Crippen MR) is 92.6 cm³/mol. The van der Waals surface area contributed by atoms with Crippen LogP contribution in [0.2, 0.25) is 0 Å². The first kappa shape index (κ1) is 15.7. The highest BCUT2D eigenvalue weighted by Crippen LogP contribution is 2.24. The van der Waals surface area contributed by atoms with E-state index in [2.05, 4.69) is 20.3 Å². The molecular formula is C15H15N5OS2. The lowest BCUT2D eigenvalue weighted by molar-refractivity contribution is -0.115. The molecule has 0 saturated heterocycles. The van der Waals surface area contributed by atoms with E-state index in [-0.39, 0.29) is 12.3 Å². The number of aromatic nitrogens is 3. The molecule has 3 N–H and O–H groups in total. The number of thiazole rings is 2. The van der Waals surface area contributed by atoms with Gasteiger partial charge in [-0.3, -0.25) is 9.78 Å². The minimum Gasteiger partial charge on any atom is -0.330 e. The number of amides is 1. The second-order valence-electron chi connectivity index (χ2n) is 4.77. The maximum Gasteiger partial charge on any atom is 0.232 e. The SMILES string of the molecule is NCCc1nc(CC(=O)Nc2nc(-c3ccncc3)cs2)cs1. The van der Waals surface area contributed by atoms with Gasteiger partial charge in [-0.25, -0.2) is 9.97 Å². The van der Waals surface area contributed by atoms with Crippen molar-refractivity contribution in [2.24, 2.45) is 5.73 Å². The van der Waals surface area contributed by atoms with Crippen LogP contribution in [-0.2, 0) is 17.6 Å². The molecule has 0 aliphatic rings. The van der Waals surface area contributed by atoms with Crippen LogP contribution in [0, 0.1) is 0 Å². The summed E-state index contributed by atoms with van der Waals surface area (Å²) < 4.78 is 0. The molecule has 1 amide bonds. The van der Waals surface area contributed by atoms with E-state index in [1.807, 2.05) is 22.9 Å². The largest absolute Gasteiger partial charge is 0.330 e. The minimum atomic E-state index is -0.120. The highest BCUT2D eigenvalue weighted by Gasteiger charge is 2.11. The molecule has 0 bridgehead atoms. The van der Waals surface area contributed by atoms with Crippen molar-refractivity contribution in [3.8, 4) is 11.3 Å². The summed E-state index contributed by atoms with van der Waals surface area (Å²) in [5.74, 6) is -0.120. The van der Waals surface area contributed by atoms with Crippen molar-refractivity contribution in [3.63, 3.8) is 0 Å². The lowest BCUT2D eigenvalue weighted by Crippen LogP contribution is -2.14. The Kier molecular flexibility index (Phi) is 5.06. The van der Waals surface area contributed by atoms with Gasteiger partial charge in [-0.1, -0.05) is 0 Å². The topological polar surface area (TPSA) is 93.8 Å². The van der Waals surface area contributed by atoms with Crippen LogP contribution in [0.4, 0.5) is 5.13 Å². The van der Waals surface area contributed by atoms with E-state index in [9.17, 15) is 4.79 Å². The fourth-order valence-corrected chi connectivity index (χ4v) is 3.53. The third-order valence-electron chi connectivity index (χ3n) is 3.03. The minimum absolute atomic E-state index is 0.120. The molecule has 0 atom stereocenters. The molecule has 0 aliphatic carbocycles. The van der Waals surface area contributed by atoms with Crippen molar-refractivity contribution in [1.29, 1.82) is 0 Å². The van der Waals surface area contributed by atoms with Gasteiger partial charge in [0.25, 0.3) is 0 Å². The molecule has 0 aliphatic heterocycles. The zero-order chi connectivity index (χ0) is 16.1. The Balaban J connectivity index is 1.60. The number of nitrogens with zero attached hydrogens (tertiary/aromatic N) is 3. The maximum absolute atomic E-state index is 12.1. The quantitative estimate of drug-likeness (QED) is 0.715. The van der Waals surface area contributed by atoms with Crippen molar-refractivity contribution in [2.75, 3.05) is 11.9 Å². The fraction of sp³-hybridized carbons (Fsp3) is 0.200. The average molecular weight is 345 g/mol. The number of hydrogen-bond acceptors (Lipinski definition) is 7. The third-order valence-corrected chi connectivity index (χ3v) is 4.74. The second kappa shape index (κ2) is 7.40. The first-order valence-electron chi connectivity index (χ1n) is 7.03. The van der Waals surface area contributed by atoms with Crippen LogP contribution in [0.15, 0.2) is 35.3 Å². The first-order chi connectivity index (χ1) is 11.2. The van der Waals surface area contributed by atoms with Gasteiger partial charge in [0.05, 0.1) is 22.8 Å². The highest BCUT2D eigenvalue weighted by molar-refractivity contribution is 7.14. The van der Waals surface area contributed by atoms with Crippen molar-refractivity contribution in [1.82, 2.24) is 15.0 Å². The maximum atomic E-state index is 12.1. The van der Waals surface area contributed by atoms with E-state index in [4.69, 9.17) is 5.73 Å². The predicted octanol–water partition coefficient (Wildman–Crippen LogP) is 2.34. The summed E-state index contributed by atoms with van der Waals surface area (Å²) in [5, 5.41) is 8.17. The van der Waals surface area contributed by atoms with Gasteiger partial charge in [0.1, 0.15) is 0 Å². The third kappa shape index (κ3) is 4.19. The van der Waals surface area contributed by atoms with E-state index >= 15 is 0 Å². The summed E-state index contributed by atoms with van der Waals surface area (Å²) in [6.45, 7) is 0.566. The van der Waals surface area contributed by atoms with Gasteiger partial charge in [-0.15, -0.1) is 22.7 Å². The number of carbonyl (C=O) groups is 1. The summed E-state index contributed by atoms with van der Waals surface area (Å²) in [6, 6.07) is 3.77. The second-order valence-corrected chi connectivity index (χ2v) is 6.57. The van der Waals surface area contributed by atoms with Gasteiger partial charge >= 0.3 is 0 Å². The summed E-state index contributed by atoms with van der Waals surface area (Å²) in [4.78, 5) is 24.9. The zero-order valence-electron chi connectivity index (χ0n) is 12.2. The number of nitrogens with one attached hydrogen (secondary N) is 1. The number of rotatable bonds is 6. The van der Waals surface area contributed by atoms with Gasteiger partial charge in [-0.2, -0.15) is 0 Å². The molecule has 0 radical (unpaired) electrons. The van der Waals surface area contributed by atoms with E-state index in [0.29, 0.717) is 11.7 Å². The van der Waals surface area contributed by atoms with Crippen molar-refractivity contribution in [3.05, 3.63) is 46.0 Å². The molecule has 3 rings (SSSR count). The number of hydrogen-bond donors (Lipinski definition) is 2. The summed E-state index contributed by atoms with van der Waals surface area (Å²) in [5.41, 5.74) is 8.07. The van der Waals surface area contributed by atoms with E-state index in [1.54, 1.807) is 12.4 Å². The van der Waals surface area contributed by atoms with Crippen molar-refractivity contribution in [2.45, 2.75) is 12.8 Å². The van der Waals surface area contributed by atoms with Gasteiger partial charge in [0.2, 0.25) is 5.91 Å². The number of carbonyl (C=O) groups excluding carboxylic acids is 1. The Labute approximate surface area is 141 Å². The Morgan fingerprint density at radius 3 is 2.78 bits per heavy atom. The van der Waals surface area contributed by atoms with Gasteiger partial charge in [0, 0.05) is 35.1 Å². The zero-order valence-corrected chi connectivity index (χ0v) is 13.9. The van der Waals surface area contributed by atoms with Gasteiger partial charge in [-0.05, 0) is 18.7 Å². The van der Waals surface area contributed by atoms with Crippen LogP contribution in [0.5, 0.6) is 0 Å². The number of nitrogens with two attached hydrogens (primary N) is 1. The average Bonchev–Trinajstić information content (AvgIpc) is 3.18. The molecule has 0 unspecified atom stereocenters. The Hall–Kier alpha value is -2.16. The molecule has 118 valence electrons. The molecule has 6 nitrogen and oxygen atoms in total. The summed E-state index contributed by atoms with van der Waals surface area (Å²) in [7, 11) is 0. The smallest absolute Gasteiger partial charge is 0.232 e. The monoisotopic (exact) mass is 345 g/mol. The summed E-state index contributed by atoms with van der Waals surface area (Å²) >= 11 is 2.93. The fourth-order valence-electron chi connectivity index (χ4n) is 1.98. The lowest BCUT2D eigenvalue weighted by atomic mass is 10.2. The van der Waals surface area contributed by atoms with Gasteiger partial charge < -0.3 is 11.1 Å². The molecule has 3 aromatic heterocycles. The normalized spacial score (nSPS) is 10.7.